The quantitative estimate of drug-likeness (QED) is 0.824. The Hall–Kier alpha value is -1.88. The molecule has 0 saturated carbocycles. The van der Waals surface area contributed by atoms with Crippen molar-refractivity contribution < 1.29 is 14.3 Å². The van der Waals surface area contributed by atoms with Crippen LogP contribution in [0.3, 0.4) is 0 Å². The Morgan fingerprint density at radius 2 is 2.15 bits per heavy atom. The molecule has 1 aliphatic heterocycles. The van der Waals surface area contributed by atoms with Gasteiger partial charge in [0.05, 0.1) is 18.6 Å². The van der Waals surface area contributed by atoms with Crippen LogP contribution in [0, 0.1) is 0 Å². The van der Waals surface area contributed by atoms with E-state index in [2.05, 4.69) is 5.32 Å². The number of likely N-dealkylation sites (tertiary alicyclic amines) is 1. The topological polar surface area (TPSA) is 58.6 Å². The Bertz CT molecular complexity index is 514. The SMILES string of the molecule is CC(C)Oc1cccc(CNC2CC(=O)N(C)C2=O)c1. The van der Waals surface area contributed by atoms with Gasteiger partial charge in [-0.05, 0) is 31.5 Å². The molecule has 1 unspecified atom stereocenters. The van der Waals surface area contributed by atoms with Crippen molar-refractivity contribution in [2.75, 3.05) is 7.05 Å². The lowest BCUT2D eigenvalue weighted by Gasteiger charge is -2.13. The number of rotatable bonds is 5. The van der Waals surface area contributed by atoms with Crippen LogP contribution in [0.5, 0.6) is 5.75 Å². The Balaban J connectivity index is 1.94. The summed E-state index contributed by atoms with van der Waals surface area (Å²) in [6.07, 6.45) is 0.359. The minimum Gasteiger partial charge on any atom is -0.491 e. The number of nitrogens with zero attached hydrogens (tertiary/aromatic N) is 1. The second kappa shape index (κ2) is 6.05. The molecule has 0 bridgehead atoms. The van der Waals surface area contributed by atoms with E-state index in [9.17, 15) is 9.59 Å². The summed E-state index contributed by atoms with van der Waals surface area (Å²) in [6, 6.07) is 7.31. The summed E-state index contributed by atoms with van der Waals surface area (Å²) in [5.41, 5.74) is 1.03. The number of amides is 2. The van der Waals surface area contributed by atoms with Crippen molar-refractivity contribution in [3.63, 3.8) is 0 Å². The zero-order chi connectivity index (χ0) is 14.7. The summed E-state index contributed by atoms with van der Waals surface area (Å²) in [7, 11) is 1.52. The molecule has 0 radical (unpaired) electrons. The average Bonchev–Trinajstić information content (AvgIpc) is 2.64. The van der Waals surface area contributed by atoms with E-state index in [0.29, 0.717) is 6.54 Å². The van der Waals surface area contributed by atoms with Crippen LogP contribution in [0.15, 0.2) is 24.3 Å². The average molecular weight is 276 g/mol. The first-order valence-corrected chi connectivity index (χ1v) is 6.76. The van der Waals surface area contributed by atoms with Crippen molar-refractivity contribution >= 4 is 11.8 Å². The molecule has 20 heavy (non-hydrogen) atoms. The van der Waals surface area contributed by atoms with Gasteiger partial charge in [-0.1, -0.05) is 12.1 Å². The molecule has 1 saturated heterocycles. The van der Waals surface area contributed by atoms with Crippen LogP contribution in [0.1, 0.15) is 25.8 Å². The molecule has 1 N–H and O–H groups in total. The van der Waals surface area contributed by atoms with Crippen molar-refractivity contribution in [1.29, 1.82) is 0 Å². The number of ether oxygens (including phenoxy) is 1. The van der Waals surface area contributed by atoms with E-state index in [1.807, 2.05) is 38.1 Å². The number of hydrogen-bond donors (Lipinski definition) is 1. The minimum atomic E-state index is -0.415. The highest BCUT2D eigenvalue weighted by Gasteiger charge is 2.35. The van der Waals surface area contributed by atoms with Gasteiger partial charge < -0.3 is 10.1 Å². The van der Waals surface area contributed by atoms with E-state index in [-0.39, 0.29) is 24.3 Å². The van der Waals surface area contributed by atoms with Crippen LogP contribution in [-0.4, -0.2) is 35.9 Å². The van der Waals surface area contributed by atoms with E-state index in [0.717, 1.165) is 11.3 Å². The molecule has 1 fully saturated rings. The first kappa shape index (κ1) is 14.5. The molecule has 5 heteroatoms. The fourth-order valence-corrected chi connectivity index (χ4v) is 2.16. The van der Waals surface area contributed by atoms with Crippen LogP contribution in [-0.2, 0) is 16.1 Å². The summed E-state index contributed by atoms with van der Waals surface area (Å²) < 4.78 is 5.62. The fourth-order valence-electron chi connectivity index (χ4n) is 2.16. The second-order valence-electron chi connectivity index (χ2n) is 5.24. The zero-order valence-corrected chi connectivity index (χ0v) is 12.1. The molecule has 0 aromatic heterocycles. The summed E-state index contributed by atoms with van der Waals surface area (Å²) in [5, 5.41) is 3.12. The van der Waals surface area contributed by atoms with Gasteiger partial charge in [-0.2, -0.15) is 0 Å². The number of hydrogen-bond acceptors (Lipinski definition) is 4. The third-order valence-corrected chi connectivity index (χ3v) is 3.20. The summed E-state index contributed by atoms with van der Waals surface area (Å²) in [6.45, 7) is 4.49. The molecular formula is C15H20N2O3. The Morgan fingerprint density at radius 1 is 1.40 bits per heavy atom. The van der Waals surface area contributed by atoms with Gasteiger partial charge in [0.2, 0.25) is 11.8 Å². The molecule has 2 amide bonds. The van der Waals surface area contributed by atoms with Gasteiger partial charge in [-0.3, -0.25) is 14.5 Å². The van der Waals surface area contributed by atoms with Crippen LogP contribution in [0.25, 0.3) is 0 Å². The number of carbonyl (C=O) groups is 2. The highest BCUT2D eigenvalue weighted by atomic mass is 16.5. The molecule has 0 spiro atoms. The molecule has 108 valence electrons. The lowest BCUT2D eigenvalue weighted by atomic mass is 10.2. The molecule has 5 nitrogen and oxygen atoms in total. The standard InChI is InChI=1S/C15H20N2O3/c1-10(2)20-12-6-4-5-11(7-12)9-16-13-8-14(18)17(3)15(13)19/h4-7,10,13,16H,8-9H2,1-3H3. The van der Waals surface area contributed by atoms with Gasteiger partial charge in [0.15, 0.2) is 0 Å². The Morgan fingerprint density at radius 3 is 2.75 bits per heavy atom. The van der Waals surface area contributed by atoms with Crippen LogP contribution in [0.4, 0.5) is 0 Å². The summed E-state index contributed by atoms with van der Waals surface area (Å²) >= 11 is 0. The predicted molar refractivity (Wildman–Crippen MR) is 75.2 cm³/mol. The van der Waals surface area contributed by atoms with E-state index >= 15 is 0 Å². The second-order valence-corrected chi connectivity index (χ2v) is 5.24. The van der Waals surface area contributed by atoms with Crippen molar-refractivity contribution in [3.8, 4) is 5.75 Å². The molecule has 1 aliphatic rings. The third kappa shape index (κ3) is 3.36. The fraction of sp³-hybridized carbons (Fsp3) is 0.467. The molecule has 2 rings (SSSR count). The van der Waals surface area contributed by atoms with Gasteiger partial charge in [-0.15, -0.1) is 0 Å². The van der Waals surface area contributed by atoms with Gasteiger partial charge in [0.1, 0.15) is 5.75 Å². The van der Waals surface area contributed by atoms with E-state index in [1.54, 1.807) is 0 Å². The first-order valence-electron chi connectivity index (χ1n) is 6.76. The number of carbonyl (C=O) groups excluding carboxylic acids is 2. The number of nitrogens with one attached hydrogen (secondary N) is 1. The molecular weight excluding hydrogens is 256 g/mol. The first-order chi connectivity index (χ1) is 9.47. The van der Waals surface area contributed by atoms with Gasteiger partial charge in [0, 0.05) is 13.6 Å². The maximum atomic E-state index is 11.8. The largest absolute Gasteiger partial charge is 0.491 e. The monoisotopic (exact) mass is 276 g/mol. The number of benzene rings is 1. The zero-order valence-electron chi connectivity index (χ0n) is 12.1. The highest BCUT2D eigenvalue weighted by molar-refractivity contribution is 6.05. The molecule has 1 aromatic carbocycles. The Kier molecular flexibility index (Phi) is 4.39. The van der Waals surface area contributed by atoms with Crippen molar-refractivity contribution in [1.82, 2.24) is 10.2 Å². The number of likely N-dealkylation sites (N-methyl/N-ethyl adjacent to an activating group) is 1. The number of imide groups is 1. The molecule has 1 heterocycles. The predicted octanol–water partition coefficient (Wildman–Crippen LogP) is 1.32. The maximum absolute atomic E-state index is 11.8. The normalized spacial score (nSPS) is 19.0. The van der Waals surface area contributed by atoms with Crippen molar-refractivity contribution in [2.24, 2.45) is 0 Å². The minimum absolute atomic E-state index is 0.126. The van der Waals surface area contributed by atoms with Crippen molar-refractivity contribution in [3.05, 3.63) is 29.8 Å². The van der Waals surface area contributed by atoms with Crippen LogP contribution < -0.4 is 10.1 Å². The van der Waals surface area contributed by atoms with Crippen LogP contribution in [0.2, 0.25) is 0 Å². The molecule has 1 aromatic rings. The Labute approximate surface area is 118 Å². The van der Waals surface area contributed by atoms with Gasteiger partial charge >= 0.3 is 0 Å². The smallest absolute Gasteiger partial charge is 0.246 e. The van der Waals surface area contributed by atoms with E-state index in [4.69, 9.17) is 4.74 Å². The lowest BCUT2D eigenvalue weighted by Crippen LogP contribution is -2.36. The van der Waals surface area contributed by atoms with Gasteiger partial charge in [0.25, 0.3) is 0 Å². The summed E-state index contributed by atoms with van der Waals surface area (Å²) in [4.78, 5) is 24.4. The van der Waals surface area contributed by atoms with Crippen LogP contribution >= 0.6 is 0 Å². The lowest BCUT2D eigenvalue weighted by molar-refractivity contribution is -0.137. The molecule has 0 aliphatic carbocycles. The van der Waals surface area contributed by atoms with E-state index in [1.165, 1.54) is 11.9 Å². The molecule has 1 atom stereocenters. The van der Waals surface area contributed by atoms with Gasteiger partial charge in [-0.25, -0.2) is 0 Å². The maximum Gasteiger partial charge on any atom is 0.246 e. The van der Waals surface area contributed by atoms with E-state index < -0.39 is 6.04 Å². The van der Waals surface area contributed by atoms with Crippen molar-refractivity contribution in [2.45, 2.75) is 39.0 Å². The summed E-state index contributed by atoms with van der Waals surface area (Å²) in [5.74, 6) is 0.513. The third-order valence-electron chi connectivity index (χ3n) is 3.20. The highest BCUT2D eigenvalue weighted by Crippen LogP contribution is 2.16.